The second-order valence-electron chi connectivity index (χ2n) is 12.9. The summed E-state index contributed by atoms with van der Waals surface area (Å²) in [5.41, 5.74) is 1.77. The van der Waals surface area contributed by atoms with Crippen LogP contribution < -0.4 is 10.2 Å². The van der Waals surface area contributed by atoms with Crippen LogP contribution in [0, 0.1) is 25.7 Å². The molecule has 0 unspecified atom stereocenters. The molecule has 4 heterocycles. The van der Waals surface area contributed by atoms with E-state index in [0.717, 1.165) is 16.8 Å². The van der Waals surface area contributed by atoms with E-state index in [0.29, 0.717) is 12.0 Å². The van der Waals surface area contributed by atoms with Gasteiger partial charge in [-0.3, -0.25) is 19.2 Å². The summed E-state index contributed by atoms with van der Waals surface area (Å²) in [5.74, 6) is -3.79. The molecule has 2 fully saturated rings. The van der Waals surface area contributed by atoms with E-state index in [1.165, 1.54) is 12.0 Å². The first-order chi connectivity index (χ1) is 23.2. The van der Waals surface area contributed by atoms with Crippen molar-refractivity contribution in [3.05, 3.63) is 89.5 Å². The number of aliphatic hydroxyl groups is 1. The molecule has 3 amide bonds. The maximum Gasteiger partial charge on any atom is 0.313 e. The first kappa shape index (κ1) is 33.6. The van der Waals surface area contributed by atoms with Crippen molar-refractivity contribution >= 4 is 29.4 Å². The number of anilines is 1. The molecule has 4 aliphatic heterocycles. The number of amides is 3. The molecule has 1 spiro atoms. The van der Waals surface area contributed by atoms with E-state index in [1.807, 2.05) is 68.5 Å². The van der Waals surface area contributed by atoms with Gasteiger partial charge >= 0.3 is 5.97 Å². The van der Waals surface area contributed by atoms with Gasteiger partial charge in [0.2, 0.25) is 11.8 Å². The second-order valence-corrected chi connectivity index (χ2v) is 12.9. The SMILES string of the molecule is COC[C@@H]1NC(=O)CC/C=C\[C@@H]2O[C@@]34C=CCN(c5c(C)cccc5C)C(=O)[C@@H]3N(CCCO)C(=O)[C@H]4[C@@H]2C(=O)O[C@H]1c1ccccc1. The van der Waals surface area contributed by atoms with Crippen LogP contribution in [0.5, 0.6) is 0 Å². The summed E-state index contributed by atoms with van der Waals surface area (Å²) in [6.07, 6.45) is 6.08. The van der Waals surface area contributed by atoms with Gasteiger partial charge in [-0.15, -0.1) is 0 Å². The van der Waals surface area contributed by atoms with Crippen LogP contribution in [0.25, 0.3) is 0 Å². The number of methoxy groups -OCH3 is 1. The fourth-order valence-electron chi connectivity index (χ4n) is 7.80. The molecule has 48 heavy (non-hydrogen) atoms. The lowest BCUT2D eigenvalue weighted by molar-refractivity contribution is -0.162. The minimum Gasteiger partial charge on any atom is -0.455 e. The van der Waals surface area contributed by atoms with Crippen LogP contribution in [0.4, 0.5) is 5.69 Å². The normalized spacial score (nSPS) is 31.2. The Morgan fingerprint density at radius 1 is 1.00 bits per heavy atom. The molecule has 2 aromatic rings. The molecule has 0 radical (unpaired) electrons. The zero-order chi connectivity index (χ0) is 34.0. The molecule has 4 aliphatic rings. The molecule has 6 rings (SSSR count). The number of nitrogens with zero attached hydrogens (tertiary/aromatic N) is 2. The third kappa shape index (κ3) is 5.95. The fourth-order valence-corrected chi connectivity index (χ4v) is 7.80. The molecule has 0 saturated carbocycles. The molecule has 2 N–H and O–H groups in total. The van der Waals surface area contributed by atoms with E-state index in [1.54, 1.807) is 23.1 Å². The Kier molecular flexibility index (Phi) is 9.82. The maximum atomic E-state index is 14.8. The van der Waals surface area contributed by atoms with Crippen molar-refractivity contribution in [3.63, 3.8) is 0 Å². The number of benzene rings is 2. The number of hydrogen-bond donors (Lipinski definition) is 2. The summed E-state index contributed by atoms with van der Waals surface area (Å²) < 4.78 is 18.5. The molecular weight excluding hydrogens is 614 g/mol. The number of carbonyl (C=O) groups is 4. The number of ether oxygens (including phenoxy) is 3. The van der Waals surface area contributed by atoms with E-state index in [-0.39, 0.29) is 51.0 Å². The summed E-state index contributed by atoms with van der Waals surface area (Å²) in [7, 11) is 1.51. The fraction of sp³-hybridized carbons (Fsp3) is 0.459. The van der Waals surface area contributed by atoms with E-state index >= 15 is 0 Å². The number of para-hydroxylation sites is 1. The minimum absolute atomic E-state index is 0.0771. The number of cyclic esters (lactones) is 1. The van der Waals surface area contributed by atoms with E-state index in [4.69, 9.17) is 14.2 Å². The quantitative estimate of drug-likeness (QED) is 0.343. The predicted octanol–water partition coefficient (Wildman–Crippen LogP) is 2.94. The number of allylic oxidation sites excluding steroid dienone is 1. The third-order valence-electron chi connectivity index (χ3n) is 9.83. The number of aliphatic hydroxyl groups excluding tert-OH is 1. The summed E-state index contributed by atoms with van der Waals surface area (Å²) in [6.45, 7) is 4.14. The van der Waals surface area contributed by atoms with Gasteiger partial charge in [0.05, 0.1) is 24.7 Å². The number of carbonyl (C=O) groups excluding carboxylic acids is 4. The lowest BCUT2D eigenvalue weighted by Crippen LogP contribution is -2.55. The third-order valence-corrected chi connectivity index (χ3v) is 9.83. The van der Waals surface area contributed by atoms with E-state index in [9.17, 15) is 24.3 Å². The Bertz CT molecular complexity index is 1590. The number of nitrogens with one attached hydrogen (secondary N) is 1. The molecular formula is C37H43N3O8. The van der Waals surface area contributed by atoms with Crippen molar-refractivity contribution in [2.24, 2.45) is 11.8 Å². The van der Waals surface area contributed by atoms with Crippen LogP contribution in [0.3, 0.4) is 0 Å². The van der Waals surface area contributed by atoms with Gasteiger partial charge in [-0.1, -0.05) is 72.8 Å². The highest BCUT2D eigenvalue weighted by atomic mass is 16.6. The van der Waals surface area contributed by atoms with Crippen molar-refractivity contribution in [2.45, 2.75) is 63.0 Å². The Morgan fingerprint density at radius 2 is 1.75 bits per heavy atom. The highest BCUT2D eigenvalue weighted by molar-refractivity contribution is 6.06. The van der Waals surface area contributed by atoms with Crippen molar-refractivity contribution < 1.29 is 38.5 Å². The highest BCUT2D eigenvalue weighted by Gasteiger charge is 2.72. The lowest BCUT2D eigenvalue weighted by atomic mass is 9.77. The Hall–Kier alpha value is -4.32. The zero-order valence-electron chi connectivity index (χ0n) is 27.5. The first-order valence-electron chi connectivity index (χ1n) is 16.6. The predicted molar refractivity (Wildman–Crippen MR) is 177 cm³/mol. The average Bonchev–Trinajstić information content (AvgIpc) is 3.45. The number of hydrogen-bond acceptors (Lipinski definition) is 8. The van der Waals surface area contributed by atoms with Crippen molar-refractivity contribution in [1.29, 1.82) is 0 Å². The highest BCUT2D eigenvalue weighted by Crippen LogP contribution is 2.53. The summed E-state index contributed by atoms with van der Waals surface area (Å²) in [6, 6.07) is 13.1. The van der Waals surface area contributed by atoms with Gasteiger partial charge in [-0.25, -0.2) is 0 Å². The van der Waals surface area contributed by atoms with Crippen LogP contribution in [0.15, 0.2) is 72.8 Å². The molecule has 0 aliphatic carbocycles. The Balaban J connectivity index is 1.45. The van der Waals surface area contributed by atoms with Crippen LogP contribution >= 0.6 is 0 Å². The van der Waals surface area contributed by atoms with Gasteiger partial charge in [-0.05, 0) is 43.4 Å². The molecule has 2 aromatic carbocycles. The number of fused-ring (bicyclic) bond motifs is 2. The first-order valence-corrected chi connectivity index (χ1v) is 16.6. The molecule has 0 bridgehead atoms. The van der Waals surface area contributed by atoms with E-state index in [2.05, 4.69) is 5.32 Å². The van der Waals surface area contributed by atoms with Crippen molar-refractivity contribution in [2.75, 3.05) is 38.3 Å². The van der Waals surface area contributed by atoms with Gasteiger partial charge in [0.1, 0.15) is 23.7 Å². The summed E-state index contributed by atoms with van der Waals surface area (Å²) in [4.78, 5) is 60.0. The summed E-state index contributed by atoms with van der Waals surface area (Å²) >= 11 is 0. The van der Waals surface area contributed by atoms with Crippen LogP contribution in [-0.2, 0) is 33.4 Å². The molecule has 11 heteroatoms. The lowest BCUT2D eigenvalue weighted by Gasteiger charge is -2.36. The number of rotatable bonds is 7. The Morgan fingerprint density at radius 3 is 2.46 bits per heavy atom. The smallest absolute Gasteiger partial charge is 0.313 e. The molecule has 2 saturated heterocycles. The van der Waals surface area contributed by atoms with Gasteiger partial charge in [0.25, 0.3) is 5.91 Å². The zero-order valence-corrected chi connectivity index (χ0v) is 27.5. The van der Waals surface area contributed by atoms with Crippen molar-refractivity contribution in [3.8, 4) is 0 Å². The van der Waals surface area contributed by atoms with Crippen LogP contribution in [-0.4, -0.2) is 90.9 Å². The largest absolute Gasteiger partial charge is 0.455 e. The monoisotopic (exact) mass is 657 g/mol. The number of aryl methyl sites for hydroxylation is 2. The van der Waals surface area contributed by atoms with Gasteiger partial charge in [0, 0.05) is 38.9 Å². The average molecular weight is 658 g/mol. The Labute approximate surface area is 280 Å². The van der Waals surface area contributed by atoms with Crippen LogP contribution in [0.1, 0.15) is 42.1 Å². The summed E-state index contributed by atoms with van der Waals surface area (Å²) in [5, 5.41) is 12.7. The van der Waals surface area contributed by atoms with Gasteiger partial charge in [0.15, 0.2) is 0 Å². The molecule has 7 atom stereocenters. The van der Waals surface area contributed by atoms with Crippen LogP contribution in [0.2, 0.25) is 0 Å². The van der Waals surface area contributed by atoms with Gasteiger partial charge < -0.3 is 34.4 Å². The minimum atomic E-state index is -1.48. The standard InChI is InChI=1S/C37H43N3O8/c1-23-12-9-13-24(2)31(23)39-19-10-18-37-30(34(43)40(20-11-21-41)33(37)35(39)44)29-27(48-37)16-7-8-17-28(42)38-26(22-46-3)32(47-36(29)45)25-14-5-4-6-15-25/h4-7,9-10,12-16,18,26-27,29-30,32-33,41H,8,11,17,19-22H2,1-3H3,(H,38,42)/b16-7-/t26-,27-,29+,30+,32-,33-,37+/m0/s1. The van der Waals surface area contributed by atoms with Crippen molar-refractivity contribution in [1.82, 2.24) is 10.2 Å². The number of esters is 1. The topological polar surface area (TPSA) is 135 Å². The van der Waals surface area contributed by atoms with Gasteiger partial charge in [-0.2, -0.15) is 0 Å². The number of likely N-dealkylation sites (tertiary alicyclic amines) is 1. The molecule has 11 nitrogen and oxygen atoms in total. The second kappa shape index (κ2) is 14.0. The molecule has 0 aromatic heterocycles. The van der Waals surface area contributed by atoms with E-state index < -0.39 is 53.6 Å². The molecule has 254 valence electrons. The maximum absolute atomic E-state index is 14.8.